The Bertz CT molecular complexity index is 1030. The van der Waals surface area contributed by atoms with Crippen LogP contribution in [0.25, 0.3) is 10.9 Å². The van der Waals surface area contributed by atoms with Crippen molar-refractivity contribution in [2.75, 3.05) is 11.5 Å². The molecular weight excluding hydrogens is 443 g/mol. The molecule has 140 valence electrons. The summed E-state index contributed by atoms with van der Waals surface area (Å²) in [6.45, 7) is 0. The summed E-state index contributed by atoms with van der Waals surface area (Å²) in [4.78, 5) is 0. The number of fused-ring (bicyclic) bond motifs is 1. The molecule has 0 atom stereocenters. The maximum atomic E-state index is 13.1. The predicted octanol–water partition coefficient (Wildman–Crippen LogP) is 6.83. The molecule has 1 aliphatic rings. The van der Waals surface area contributed by atoms with Gasteiger partial charge in [0.05, 0.1) is 22.8 Å². The first-order valence-corrected chi connectivity index (χ1v) is 9.98. The first-order valence-electron chi connectivity index (χ1n) is 8.04. The van der Waals surface area contributed by atoms with Crippen LogP contribution in [-0.2, 0) is 6.18 Å². The standard InChI is InChI=1S/C18H13BrF3N3OS/c19-11-2-4-12(5-3-11)23-24-16-14-7-10(18(20,21)22)1-6-15(14)25(17(16)26)13-8-27-9-13/h1-7,13,26H,8-9H2. The van der Waals surface area contributed by atoms with Crippen molar-refractivity contribution in [3.63, 3.8) is 0 Å². The van der Waals surface area contributed by atoms with Crippen LogP contribution >= 0.6 is 27.7 Å². The minimum atomic E-state index is -4.47. The van der Waals surface area contributed by atoms with Gasteiger partial charge in [0.2, 0.25) is 5.88 Å². The van der Waals surface area contributed by atoms with E-state index in [2.05, 4.69) is 26.2 Å². The molecule has 0 unspecified atom stereocenters. The van der Waals surface area contributed by atoms with Crippen molar-refractivity contribution in [3.8, 4) is 5.88 Å². The van der Waals surface area contributed by atoms with Crippen LogP contribution in [0.2, 0.25) is 0 Å². The number of rotatable bonds is 3. The van der Waals surface area contributed by atoms with E-state index in [0.29, 0.717) is 11.2 Å². The third-order valence-corrected chi connectivity index (χ3v) is 6.13. The fourth-order valence-electron chi connectivity index (χ4n) is 2.92. The summed E-state index contributed by atoms with van der Waals surface area (Å²) < 4.78 is 42.0. The highest BCUT2D eigenvalue weighted by Crippen LogP contribution is 2.46. The fraction of sp³-hybridized carbons (Fsp3) is 0.222. The van der Waals surface area contributed by atoms with Gasteiger partial charge in [0.25, 0.3) is 0 Å². The largest absolute Gasteiger partial charge is 0.493 e. The van der Waals surface area contributed by atoms with E-state index in [1.165, 1.54) is 6.07 Å². The zero-order chi connectivity index (χ0) is 19.2. The lowest BCUT2D eigenvalue weighted by molar-refractivity contribution is -0.137. The lowest BCUT2D eigenvalue weighted by atomic mass is 10.1. The molecule has 0 spiro atoms. The number of hydrogen-bond acceptors (Lipinski definition) is 4. The second-order valence-electron chi connectivity index (χ2n) is 6.14. The van der Waals surface area contributed by atoms with Crippen molar-refractivity contribution < 1.29 is 18.3 Å². The van der Waals surface area contributed by atoms with E-state index in [1.807, 2.05) is 0 Å². The van der Waals surface area contributed by atoms with Crippen molar-refractivity contribution in [1.29, 1.82) is 0 Å². The highest BCUT2D eigenvalue weighted by Gasteiger charge is 2.33. The Hall–Kier alpha value is -2.00. The SMILES string of the molecule is Oc1c(N=Nc2ccc(Br)cc2)c2cc(C(F)(F)F)ccc2n1C1CSC1. The van der Waals surface area contributed by atoms with Gasteiger partial charge in [-0.1, -0.05) is 15.9 Å². The van der Waals surface area contributed by atoms with Gasteiger partial charge in [-0.15, -0.1) is 5.11 Å². The van der Waals surface area contributed by atoms with Crippen molar-refractivity contribution in [3.05, 3.63) is 52.5 Å². The molecule has 27 heavy (non-hydrogen) atoms. The number of alkyl halides is 3. The third kappa shape index (κ3) is 3.45. The maximum Gasteiger partial charge on any atom is 0.416 e. The second-order valence-corrected chi connectivity index (χ2v) is 8.13. The van der Waals surface area contributed by atoms with Crippen LogP contribution in [-0.4, -0.2) is 21.2 Å². The highest BCUT2D eigenvalue weighted by molar-refractivity contribution is 9.10. The summed E-state index contributed by atoms with van der Waals surface area (Å²) in [5.74, 6) is 1.43. The molecule has 2 aromatic carbocycles. The topological polar surface area (TPSA) is 49.9 Å². The summed E-state index contributed by atoms with van der Waals surface area (Å²) in [5, 5.41) is 19.1. The summed E-state index contributed by atoms with van der Waals surface area (Å²) >= 11 is 5.04. The van der Waals surface area contributed by atoms with Crippen LogP contribution in [0.5, 0.6) is 5.88 Å². The van der Waals surface area contributed by atoms with Gasteiger partial charge in [0.15, 0.2) is 5.69 Å². The van der Waals surface area contributed by atoms with E-state index in [1.54, 1.807) is 40.6 Å². The summed E-state index contributed by atoms with van der Waals surface area (Å²) in [7, 11) is 0. The average molecular weight is 456 g/mol. The molecule has 4 rings (SSSR count). The van der Waals surface area contributed by atoms with Crippen molar-refractivity contribution in [1.82, 2.24) is 4.57 Å². The van der Waals surface area contributed by atoms with Gasteiger partial charge in [-0.3, -0.25) is 0 Å². The molecule has 0 bridgehead atoms. The number of hydrogen-bond donors (Lipinski definition) is 1. The van der Waals surface area contributed by atoms with Gasteiger partial charge >= 0.3 is 6.18 Å². The first kappa shape index (κ1) is 18.4. The Labute approximate surface area is 165 Å². The van der Waals surface area contributed by atoms with Gasteiger partial charge in [-0.2, -0.15) is 30.0 Å². The van der Waals surface area contributed by atoms with Crippen molar-refractivity contribution in [2.24, 2.45) is 10.2 Å². The van der Waals surface area contributed by atoms with Crippen LogP contribution in [0.15, 0.2) is 57.2 Å². The molecule has 0 radical (unpaired) electrons. The molecule has 1 aromatic heterocycles. The van der Waals surface area contributed by atoms with Crippen LogP contribution in [0.3, 0.4) is 0 Å². The molecule has 1 N–H and O–H groups in total. The van der Waals surface area contributed by atoms with Crippen LogP contribution in [0.1, 0.15) is 11.6 Å². The van der Waals surface area contributed by atoms with E-state index in [9.17, 15) is 18.3 Å². The monoisotopic (exact) mass is 455 g/mol. The van der Waals surface area contributed by atoms with Crippen molar-refractivity contribution >= 4 is 50.0 Å². The zero-order valence-corrected chi connectivity index (χ0v) is 16.1. The molecular formula is C18H13BrF3N3OS. The molecule has 0 amide bonds. The normalized spacial score (nSPS) is 15.6. The first-order chi connectivity index (χ1) is 12.8. The van der Waals surface area contributed by atoms with Crippen LogP contribution in [0.4, 0.5) is 24.5 Å². The lowest BCUT2D eigenvalue weighted by Gasteiger charge is -2.27. The summed E-state index contributed by atoms with van der Waals surface area (Å²) in [5.41, 5.74) is 0.325. The molecule has 0 aliphatic carbocycles. The van der Waals surface area contributed by atoms with E-state index in [4.69, 9.17) is 0 Å². The molecule has 0 saturated carbocycles. The van der Waals surface area contributed by atoms with E-state index >= 15 is 0 Å². The zero-order valence-electron chi connectivity index (χ0n) is 13.7. The molecule has 2 heterocycles. The van der Waals surface area contributed by atoms with E-state index in [0.717, 1.165) is 28.1 Å². The Morgan fingerprint density at radius 3 is 2.37 bits per heavy atom. The van der Waals surface area contributed by atoms with E-state index < -0.39 is 11.7 Å². The second kappa shape index (κ2) is 6.87. The van der Waals surface area contributed by atoms with Gasteiger partial charge in [-0.25, -0.2) is 0 Å². The smallest absolute Gasteiger partial charge is 0.416 e. The minimum Gasteiger partial charge on any atom is -0.493 e. The third-order valence-electron chi connectivity index (χ3n) is 4.36. The molecule has 4 nitrogen and oxygen atoms in total. The fourth-order valence-corrected chi connectivity index (χ4v) is 3.93. The van der Waals surface area contributed by atoms with Crippen LogP contribution in [0, 0.1) is 0 Å². The van der Waals surface area contributed by atoms with E-state index in [-0.39, 0.29) is 23.0 Å². The Kier molecular flexibility index (Phi) is 4.67. The number of halogens is 4. The molecule has 3 aromatic rings. The summed E-state index contributed by atoms with van der Waals surface area (Å²) in [6, 6.07) is 10.5. The predicted molar refractivity (Wildman–Crippen MR) is 103 cm³/mol. The van der Waals surface area contributed by atoms with Gasteiger partial charge < -0.3 is 9.67 Å². The Balaban J connectivity index is 1.86. The molecule has 9 heteroatoms. The molecule has 1 aliphatic heterocycles. The number of aromatic hydroxyl groups is 1. The number of nitrogens with zero attached hydrogens (tertiary/aromatic N) is 3. The maximum absolute atomic E-state index is 13.1. The number of benzene rings is 2. The van der Waals surface area contributed by atoms with Gasteiger partial charge in [0.1, 0.15) is 0 Å². The van der Waals surface area contributed by atoms with Gasteiger partial charge in [0, 0.05) is 21.4 Å². The summed E-state index contributed by atoms with van der Waals surface area (Å²) in [6.07, 6.45) is -4.47. The number of aromatic nitrogens is 1. The highest BCUT2D eigenvalue weighted by atomic mass is 79.9. The number of azo groups is 1. The lowest BCUT2D eigenvalue weighted by Crippen LogP contribution is -2.22. The minimum absolute atomic E-state index is 0.0332. The Morgan fingerprint density at radius 1 is 1.07 bits per heavy atom. The quantitative estimate of drug-likeness (QED) is 0.439. The van der Waals surface area contributed by atoms with Gasteiger partial charge in [-0.05, 0) is 42.5 Å². The average Bonchev–Trinajstić information content (AvgIpc) is 2.84. The number of thioether (sulfide) groups is 1. The van der Waals surface area contributed by atoms with Crippen molar-refractivity contribution in [2.45, 2.75) is 12.2 Å². The Morgan fingerprint density at radius 2 is 1.78 bits per heavy atom. The van der Waals surface area contributed by atoms with Crippen LogP contribution < -0.4 is 0 Å². The molecule has 1 saturated heterocycles. The molecule has 1 fully saturated rings.